The molecular formula is C28H24Cl2N4O3S. The largest absolute Gasteiger partial charge is 0.373 e. The first-order chi connectivity index (χ1) is 18.6. The molecule has 10 heteroatoms. The normalized spacial score (nSPS) is 22.7. The maximum atomic E-state index is 10.6. The van der Waals surface area contributed by atoms with Crippen LogP contribution in [-0.4, -0.2) is 34.4 Å². The molecule has 0 amide bonds. The lowest BCUT2D eigenvalue weighted by atomic mass is 10.00. The van der Waals surface area contributed by atoms with Gasteiger partial charge in [-0.25, -0.2) is 9.78 Å². The van der Waals surface area contributed by atoms with Crippen molar-refractivity contribution < 1.29 is 14.1 Å². The third-order valence-electron chi connectivity index (χ3n) is 7.88. The van der Waals surface area contributed by atoms with Crippen LogP contribution in [0.4, 0.5) is 10.8 Å². The molecule has 1 saturated carbocycles. The van der Waals surface area contributed by atoms with Gasteiger partial charge in [-0.1, -0.05) is 45.8 Å². The molecule has 2 aromatic carbocycles. The second kappa shape index (κ2) is 9.78. The Kier molecular flexibility index (Phi) is 6.26. The minimum atomic E-state index is 0.142. The van der Waals surface area contributed by atoms with E-state index in [2.05, 4.69) is 15.0 Å². The van der Waals surface area contributed by atoms with Gasteiger partial charge in [0.15, 0.2) is 5.13 Å². The van der Waals surface area contributed by atoms with Crippen molar-refractivity contribution in [2.75, 3.05) is 4.90 Å². The first-order valence-corrected chi connectivity index (χ1v) is 14.5. The number of fused-ring (bicyclic) bond motifs is 3. The molecule has 2 aromatic heterocycles. The molecule has 2 saturated heterocycles. The lowest BCUT2D eigenvalue weighted by Gasteiger charge is -2.38. The second-order valence-corrected chi connectivity index (χ2v) is 12.1. The molecule has 3 aliphatic rings. The van der Waals surface area contributed by atoms with E-state index in [0.29, 0.717) is 51.6 Å². The molecule has 2 unspecified atom stereocenters. The fourth-order valence-corrected chi connectivity index (χ4v) is 7.68. The molecule has 4 aromatic rings. The van der Waals surface area contributed by atoms with Crippen LogP contribution < -0.4 is 4.90 Å². The topological polar surface area (TPSA) is 80.8 Å². The molecule has 7 nitrogen and oxygen atoms in total. The van der Waals surface area contributed by atoms with Gasteiger partial charge in [0.25, 0.3) is 0 Å². The van der Waals surface area contributed by atoms with E-state index in [0.717, 1.165) is 65.2 Å². The van der Waals surface area contributed by atoms with E-state index in [1.807, 2.05) is 30.3 Å². The summed E-state index contributed by atoms with van der Waals surface area (Å²) in [4.78, 5) is 21.8. The molecule has 0 N–H and O–H groups in total. The van der Waals surface area contributed by atoms with Gasteiger partial charge in [0, 0.05) is 29.1 Å². The number of thiazole rings is 1. The van der Waals surface area contributed by atoms with Gasteiger partial charge in [0.2, 0.25) is 6.08 Å². The number of piperidine rings is 1. The van der Waals surface area contributed by atoms with Crippen molar-refractivity contribution in [3.8, 4) is 11.3 Å². The maximum absolute atomic E-state index is 10.6. The van der Waals surface area contributed by atoms with Gasteiger partial charge in [-0.2, -0.15) is 4.99 Å². The van der Waals surface area contributed by atoms with Crippen LogP contribution >= 0.6 is 34.5 Å². The minimum absolute atomic E-state index is 0.142. The number of benzene rings is 2. The molecule has 3 fully saturated rings. The Morgan fingerprint density at radius 1 is 1.11 bits per heavy atom. The summed E-state index contributed by atoms with van der Waals surface area (Å²) in [6, 6.07) is 11.9. The zero-order chi connectivity index (χ0) is 25.8. The van der Waals surface area contributed by atoms with Gasteiger partial charge in [0.1, 0.15) is 11.5 Å². The van der Waals surface area contributed by atoms with Crippen LogP contribution in [0.2, 0.25) is 10.0 Å². The quantitative estimate of drug-likeness (QED) is 0.167. The number of hydrogen-bond acceptors (Lipinski definition) is 8. The molecule has 38 heavy (non-hydrogen) atoms. The monoisotopic (exact) mass is 566 g/mol. The highest BCUT2D eigenvalue weighted by molar-refractivity contribution is 7.22. The molecule has 0 radical (unpaired) electrons. The lowest BCUT2D eigenvalue weighted by Crippen LogP contribution is -2.45. The van der Waals surface area contributed by atoms with Gasteiger partial charge in [-0.3, -0.25) is 0 Å². The van der Waals surface area contributed by atoms with Gasteiger partial charge < -0.3 is 14.2 Å². The van der Waals surface area contributed by atoms with Crippen molar-refractivity contribution in [3.05, 3.63) is 57.8 Å². The molecule has 194 valence electrons. The highest BCUT2D eigenvalue weighted by atomic mass is 35.5. The van der Waals surface area contributed by atoms with Crippen molar-refractivity contribution in [2.45, 2.75) is 69.2 Å². The van der Waals surface area contributed by atoms with Crippen molar-refractivity contribution in [1.29, 1.82) is 0 Å². The van der Waals surface area contributed by atoms with Crippen LogP contribution in [0.15, 0.2) is 45.9 Å². The summed E-state index contributed by atoms with van der Waals surface area (Å²) in [5, 5.41) is 6.54. The molecule has 1 aliphatic carbocycles. The summed E-state index contributed by atoms with van der Waals surface area (Å²) in [6.45, 7) is 0.428. The third-order valence-corrected chi connectivity index (χ3v) is 9.54. The Bertz CT molecular complexity index is 1540. The lowest BCUT2D eigenvalue weighted by molar-refractivity contribution is 0.0147. The molecule has 0 spiro atoms. The van der Waals surface area contributed by atoms with Gasteiger partial charge >= 0.3 is 0 Å². The number of hydrogen-bond donors (Lipinski definition) is 0. The average molecular weight is 567 g/mol. The van der Waals surface area contributed by atoms with Crippen LogP contribution in [0.1, 0.15) is 55.8 Å². The summed E-state index contributed by atoms with van der Waals surface area (Å²) in [5.41, 5.74) is 3.90. The molecule has 2 bridgehead atoms. The summed E-state index contributed by atoms with van der Waals surface area (Å²) in [6.07, 6.45) is 8.10. The molecule has 2 aliphatic heterocycles. The number of ether oxygens (including phenoxy) is 1. The van der Waals surface area contributed by atoms with Crippen LogP contribution in [0, 0.1) is 0 Å². The number of carbonyl (C=O) groups excluding carboxylic acids is 1. The maximum Gasteiger partial charge on any atom is 0.240 e. The summed E-state index contributed by atoms with van der Waals surface area (Å²) in [5.74, 6) is 1.30. The fraction of sp³-hybridized carbons (Fsp3) is 0.393. The fourth-order valence-electron chi connectivity index (χ4n) is 5.96. The van der Waals surface area contributed by atoms with E-state index < -0.39 is 0 Å². The van der Waals surface area contributed by atoms with E-state index in [9.17, 15) is 4.79 Å². The first-order valence-electron chi connectivity index (χ1n) is 12.9. The molecule has 4 heterocycles. The van der Waals surface area contributed by atoms with Crippen molar-refractivity contribution in [2.24, 2.45) is 4.99 Å². The van der Waals surface area contributed by atoms with Gasteiger partial charge in [-0.15, -0.1) is 0 Å². The summed E-state index contributed by atoms with van der Waals surface area (Å²) in [7, 11) is 0. The van der Waals surface area contributed by atoms with E-state index in [1.165, 1.54) is 0 Å². The minimum Gasteiger partial charge on any atom is -0.373 e. The van der Waals surface area contributed by atoms with Gasteiger partial charge in [0.05, 0.1) is 38.7 Å². The Hall–Kier alpha value is -2.74. The first kappa shape index (κ1) is 24.3. The molecule has 3 atom stereocenters. The third kappa shape index (κ3) is 4.34. The van der Waals surface area contributed by atoms with E-state index in [-0.39, 0.29) is 6.10 Å². The smallest absolute Gasteiger partial charge is 0.240 e. The summed E-state index contributed by atoms with van der Waals surface area (Å²) < 4.78 is 13.4. The van der Waals surface area contributed by atoms with Crippen molar-refractivity contribution >= 4 is 61.7 Å². The van der Waals surface area contributed by atoms with Crippen LogP contribution in [-0.2, 0) is 16.1 Å². The van der Waals surface area contributed by atoms with Crippen LogP contribution in [0.5, 0.6) is 0 Å². The standard InChI is InChI=1S/C28H24Cl2N4O3S/c29-21-2-1-3-22(30)25(21)26-20(27(37-33-26)15-4-5-15)13-36-19-11-17-7-8-18(12-19)34(17)28-32-23-9-6-16(31-14-35)10-24(23)38-28/h1-3,6,9-10,15,17-19H,4-5,7-8,11-13H2/t17-,18?,19?/m0/s1. The second-order valence-electron chi connectivity index (χ2n) is 10.3. The Labute approximate surface area is 233 Å². The highest BCUT2D eigenvalue weighted by Crippen LogP contribution is 2.47. The van der Waals surface area contributed by atoms with Crippen LogP contribution in [0.3, 0.4) is 0 Å². The predicted octanol–water partition coefficient (Wildman–Crippen LogP) is 7.82. The van der Waals surface area contributed by atoms with Crippen molar-refractivity contribution in [3.63, 3.8) is 0 Å². The number of aromatic nitrogens is 2. The van der Waals surface area contributed by atoms with E-state index in [4.69, 9.17) is 37.4 Å². The Balaban J connectivity index is 1.10. The predicted molar refractivity (Wildman–Crippen MR) is 148 cm³/mol. The number of isocyanates is 1. The number of nitrogens with zero attached hydrogens (tertiary/aromatic N) is 4. The highest BCUT2D eigenvalue weighted by Gasteiger charge is 2.43. The van der Waals surface area contributed by atoms with E-state index in [1.54, 1.807) is 23.5 Å². The number of halogens is 2. The zero-order valence-electron chi connectivity index (χ0n) is 20.4. The SMILES string of the molecule is O=C=Nc1ccc2nc(N3C4CC[C@H]3CC(OCc3c(-c5c(Cl)cccc5Cl)noc3C3CC3)C4)sc2c1. The average Bonchev–Trinajstić information content (AvgIpc) is 3.44. The van der Waals surface area contributed by atoms with E-state index >= 15 is 0 Å². The van der Waals surface area contributed by atoms with Gasteiger partial charge in [-0.05, 0) is 68.9 Å². The molecular weight excluding hydrogens is 543 g/mol. The Morgan fingerprint density at radius 3 is 2.58 bits per heavy atom. The number of anilines is 1. The molecule has 7 rings (SSSR count). The van der Waals surface area contributed by atoms with Crippen molar-refractivity contribution in [1.82, 2.24) is 10.1 Å². The number of rotatable bonds is 7. The summed E-state index contributed by atoms with van der Waals surface area (Å²) >= 11 is 14.7. The zero-order valence-corrected chi connectivity index (χ0v) is 22.7. The number of aliphatic imine (C=N–C) groups is 1. The van der Waals surface area contributed by atoms with Crippen LogP contribution in [0.25, 0.3) is 21.5 Å². The Morgan fingerprint density at radius 2 is 1.87 bits per heavy atom.